The van der Waals surface area contributed by atoms with Crippen LogP contribution in [0.4, 0.5) is 0 Å². The predicted molar refractivity (Wildman–Crippen MR) is 79.3 cm³/mol. The van der Waals surface area contributed by atoms with Gasteiger partial charge in [-0.1, -0.05) is 18.2 Å². The van der Waals surface area contributed by atoms with Crippen molar-refractivity contribution in [1.82, 2.24) is 20.4 Å². The van der Waals surface area contributed by atoms with Crippen LogP contribution in [-0.2, 0) is 0 Å². The van der Waals surface area contributed by atoms with E-state index in [9.17, 15) is 4.79 Å². The third-order valence-corrected chi connectivity index (χ3v) is 3.18. The highest BCUT2D eigenvalue weighted by atomic mass is 16.1. The molecule has 106 valence electrons. The Morgan fingerprint density at radius 2 is 1.90 bits per heavy atom. The van der Waals surface area contributed by atoms with Gasteiger partial charge in [-0.2, -0.15) is 5.10 Å². The lowest BCUT2D eigenvalue weighted by Gasteiger charge is -2.06. The van der Waals surface area contributed by atoms with Crippen molar-refractivity contribution in [2.75, 3.05) is 20.1 Å². The zero-order chi connectivity index (χ0) is 14.5. The number of likely N-dealkylation sites (N-methyl/N-ethyl adjacent to an activating group) is 1. The van der Waals surface area contributed by atoms with Crippen molar-refractivity contribution in [3.05, 3.63) is 47.3 Å². The summed E-state index contributed by atoms with van der Waals surface area (Å²) in [6.45, 7) is 5.13. The van der Waals surface area contributed by atoms with Crippen molar-refractivity contribution in [3.63, 3.8) is 0 Å². The first kappa shape index (κ1) is 14.3. The topological polar surface area (TPSA) is 58.9 Å². The molecule has 0 aliphatic heterocycles. The van der Waals surface area contributed by atoms with Gasteiger partial charge in [-0.25, -0.2) is 4.68 Å². The van der Waals surface area contributed by atoms with Gasteiger partial charge in [-0.3, -0.25) is 4.79 Å². The van der Waals surface area contributed by atoms with E-state index in [-0.39, 0.29) is 5.91 Å². The lowest BCUT2D eigenvalue weighted by molar-refractivity contribution is 0.0953. The zero-order valence-electron chi connectivity index (χ0n) is 12.1. The number of carbonyl (C=O) groups excluding carboxylic acids is 1. The number of aromatic nitrogens is 2. The monoisotopic (exact) mass is 272 g/mol. The normalized spacial score (nSPS) is 10.6. The third kappa shape index (κ3) is 2.88. The molecule has 0 saturated carbocycles. The molecular weight excluding hydrogens is 252 g/mol. The molecule has 0 bridgehead atoms. The van der Waals surface area contributed by atoms with Crippen LogP contribution in [0.2, 0.25) is 0 Å². The van der Waals surface area contributed by atoms with Crippen LogP contribution in [0, 0.1) is 13.8 Å². The molecule has 1 aromatic heterocycles. The second-order valence-electron chi connectivity index (χ2n) is 4.65. The number of aryl methyl sites for hydroxylation is 1. The summed E-state index contributed by atoms with van der Waals surface area (Å²) in [5.74, 6) is -0.0718. The molecule has 0 aliphatic rings. The van der Waals surface area contributed by atoms with Crippen LogP contribution in [0.3, 0.4) is 0 Å². The minimum Gasteiger partial charge on any atom is -0.351 e. The van der Waals surface area contributed by atoms with Gasteiger partial charge < -0.3 is 10.6 Å². The van der Waals surface area contributed by atoms with Crippen molar-refractivity contribution >= 4 is 5.91 Å². The Bertz CT molecular complexity index is 589. The fourth-order valence-electron chi connectivity index (χ4n) is 2.18. The number of amides is 1. The fraction of sp³-hybridized carbons (Fsp3) is 0.333. The quantitative estimate of drug-likeness (QED) is 0.810. The van der Waals surface area contributed by atoms with E-state index in [0.29, 0.717) is 12.1 Å². The second kappa shape index (κ2) is 6.34. The highest BCUT2D eigenvalue weighted by Crippen LogP contribution is 2.17. The van der Waals surface area contributed by atoms with Crippen LogP contribution in [0.5, 0.6) is 0 Å². The number of para-hydroxylation sites is 1. The first-order chi connectivity index (χ1) is 9.65. The Kier molecular flexibility index (Phi) is 4.53. The molecule has 1 heterocycles. The predicted octanol–water partition coefficient (Wildman–Crippen LogP) is 1.44. The molecule has 1 aromatic carbocycles. The van der Waals surface area contributed by atoms with Crippen molar-refractivity contribution in [2.45, 2.75) is 13.8 Å². The van der Waals surface area contributed by atoms with Crippen LogP contribution in [-0.4, -0.2) is 35.8 Å². The van der Waals surface area contributed by atoms with Gasteiger partial charge >= 0.3 is 0 Å². The molecule has 2 aromatic rings. The summed E-state index contributed by atoms with van der Waals surface area (Å²) >= 11 is 0. The average Bonchev–Trinajstić information content (AvgIpc) is 2.75. The van der Waals surface area contributed by atoms with Crippen LogP contribution >= 0.6 is 0 Å². The van der Waals surface area contributed by atoms with E-state index in [1.165, 1.54) is 0 Å². The standard InChI is InChI=1S/C15H20N4O/c1-11-14(15(20)17-10-9-16-3)12(2)19(18-11)13-7-5-4-6-8-13/h4-8,16H,9-10H2,1-3H3,(H,17,20). The number of hydrogen-bond donors (Lipinski definition) is 2. The molecular formula is C15H20N4O. The maximum Gasteiger partial charge on any atom is 0.255 e. The van der Waals surface area contributed by atoms with Gasteiger partial charge in [0, 0.05) is 13.1 Å². The van der Waals surface area contributed by atoms with Gasteiger partial charge in [0.15, 0.2) is 0 Å². The Balaban J connectivity index is 2.28. The Morgan fingerprint density at radius 1 is 1.20 bits per heavy atom. The summed E-state index contributed by atoms with van der Waals surface area (Å²) in [4.78, 5) is 12.2. The smallest absolute Gasteiger partial charge is 0.255 e. The Labute approximate surface area is 119 Å². The second-order valence-corrected chi connectivity index (χ2v) is 4.65. The van der Waals surface area contributed by atoms with Crippen LogP contribution in [0.15, 0.2) is 30.3 Å². The van der Waals surface area contributed by atoms with Crippen LogP contribution in [0.25, 0.3) is 5.69 Å². The molecule has 0 saturated heterocycles. The first-order valence-corrected chi connectivity index (χ1v) is 6.69. The molecule has 0 unspecified atom stereocenters. The lowest BCUT2D eigenvalue weighted by atomic mass is 10.2. The number of benzene rings is 1. The van der Waals surface area contributed by atoms with E-state index in [1.54, 1.807) is 0 Å². The van der Waals surface area contributed by atoms with E-state index in [2.05, 4.69) is 15.7 Å². The highest BCUT2D eigenvalue weighted by molar-refractivity contribution is 5.96. The van der Waals surface area contributed by atoms with Gasteiger partial charge in [0.1, 0.15) is 0 Å². The van der Waals surface area contributed by atoms with E-state index in [0.717, 1.165) is 23.6 Å². The summed E-state index contributed by atoms with van der Waals surface area (Å²) in [6, 6.07) is 9.82. The average molecular weight is 272 g/mol. The highest BCUT2D eigenvalue weighted by Gasteiger charge is 2.18. The van der Waals surface area contributed by atoms with E-state index in [4.69, 9.17) is 0 Å². The molecule has 2 rings (SSSR count). The van der Waals surface area contributed by atoms with E-state index < -0.39 is 0 Å². The molecule has 0 aliphatic carbocycles. The third-order valence-electron chi connectivity index (χ3n) is 3.18. The summed E-state index contributed by atoms with van der Waals surface area (Å²) < 4.78 is 1.81. The zero-order valence-corrected chi connectivity index (χ0v) is 12.1. The first-order valence-electron chi connectivity index (χ1n) is 6.69. The Morgan fingerprint density at radius 3 is 2.55 bits per heavy atom. The summed E-state index contributed by atoms with van der Waals surface area (Å²) in [5.41, 5.74) is 3.22. The number of rotatable bonds is 5. The van der Waals surface area contributed by atoms with Crippen molar-refractivity contribution in [2.24, 2.45) is 0 Å². The van der Waals surface area contributed by atoms with Crippen molar-refractivity contribution in [3.8, 4) is 5.69 Å². The maximum atomic E-state index is 12.2. The molecule has 5 nitrogen and oxygen atoms in total. The lowest BCUT2D eigenvalue weighted by Crippen LogP contribution is -2.31. The molecule has 0 radical (unpaired) electrons. The summed E-state index contributed by atoms with van der Waals surface area (Å²) in [6.07, 6.45) is 0. The van der Waals surface area contributed by atoms with Gasteiger partial charge in [0.25, 0.3) is 5.91 Å². The molecule has 0 spiro atoms. The van der Waals surface area contributed by atoms with Crippen molar-refractivity contribution < 1.29 is 4.79 Å². The van der Waals surface area contributed by atoms with Gasteiger partial charge in [0.05, 0.1) is 22.6 Å². The number of carbonyl (C=O) groups is 1. The molecule has 5 heteroatoms. The van der Waals surface area contributed by atoms with Crippen LogP contribution < -0.4 is 10.6 Å². The van der Waals surface area contributed by atoms with Crippen LogP contribution in [0.1, 0.15) is 21.7 Å². The fourth-order valence-corrected chi connectivity index (χ4v) is 2.18. The van der Waals surface area contributed by atoms with E-state index in [1.807, 2.05) is 55.9 Å². The number of hydrogen-bond acceptors (Lipinski definition) is 3. The minimum absolute atomic E-state index is 0.0718. The molecule has 2 N–H and O–H groups in total. The Hall–Kier alpha value is -2.14. The number of nitrogens with one attached hydrogen (secondary N) is 2. The van der Waals surface area contributed by atoms with Gasteiger partial charge in [0.2, 0.25) is 0 Å². The summed E-state index contributed by atoms with van der Waals surface area (Å²) in [5, 5.41) is 10.4. The van der Waals surface area contributed by atoms with E-state index >= 15 is 0 Å². The molecule has 20 heavy (non-hydrogen) atoms. The van der Waals surface area contributed by atoms with Gasteiger partial charge in [-0.05, 0) is 33.0 Å². The molecule has 0 fully saturated rings. The SMILES string of the molecule is CNCCNC(=O)c1c(C)nn(-c2ccccc2)c1C. The summed E-state index contributed by atoms with van der Waals surface area (Å²) in [7, 11) is 1.86. The molecule has 1 amide bonds. The van der Waals surface area contributed by atoms with Gasteiger partial charge in [-0.15, -0.1) is 0 Å². The number of nitrogens with zero attached hydrogens (tertiary/aromatic N) is 2. The minimum atomic E-state index is -0.0718. The largest absolute Gasteiger partial charge is 0.351 e. The maximum absolute atomic E-state index is 12.2. The molecule has 0 atom stereocenters. The van der Waals surface area contributed by atoms with Crippen molar-refractivity contribution in [1.29, 1.82) is 0 Å².